The summed E-state index contributed by atoms with van der Waals surface area (Å²) in [6.45, 7) is 4.42. The van der Waals surface area contributed by atoms with Gasteiger partial charge in [-0.15, -0.1) is 11.3 Å². The normalized spacial score (nSPS) is 18.3. The van der Waals surface area contributed by atoms with E-state index in [1.807, 2.05) is 11.9 Å². The Morgan fingerprint density at radius 2 is 2.16 bits per heavy atom. The van der Waals surface area contributed by atoms with Crippen LogP contribution in [0.15, 0.2) is 12.1 Å². The molecular weight excluding hydrogens is 260 g/mol. The lowest BCUT2D eigenvalue weighted by atomic mass is 9.79. The average molecular weight is 282 g/mol. The molecule has 0 radical (unpaired) electrons. The van der Waals surface area contributed by atoms with E-state index >= 15 is 0 Å². The molecule has 0 bridgehead atoms. The zero-order valence-electron chi connectivity index (χ0n) is 11.6. The lowest BCUT2D eigenvalue weighted by molar-refractivity contribution is -0.146. The Bertz CT molecular complexity index is 438. The van der Waals surface area contributed by atoms with E-state index in [9.17, 15) is 4.79 Å². The van der Waals surface area contributed by atoms with Crippen LogP contribution in [0.25, 0.3) is 0 Å². The van der Waals surface area contributed by atoms with Gasteiger partial charge in [-0.2, -0.15) is 0 Å². The van der Waals surface area contributed by atoms with E-state index in [1.54, 1.807) is 11.3 Å². The molecule has 0 aromatic carbocycles. The van der Waals surface area contributed by atoms with Gasteiger partial charge in [-0.25, -0.2) is 0 Å². The molecule has 19 heavy (non-hydrogen) atoms. The van der Waals surface area contributed by atoms with Crippen LogP contribution < -0.4 is 5.73 Å². The largest absolute Gasteiger partial charge is 0.381 e. The van der Waals surface area contributed by atoms with Gasteiger partial charge in [0.1, 0.15) is 0 Å². The molecule has 1 aromatic heterocycles. The molecular formula is C14H22N2O2S. The maximum atomic E-state index is 12.7. The molecule has 1 amide bonds. The van der Waals surface area contributed by atoms with Crippen molar-refractivity contribution in [2.24, 2.45) is 11.1 Å². The minimum Gasteiger partial charge on any atom is -0.381 e. The first-order valence-electron chi connectivity index (χ1n) is 6.66. The van der Waals surface area contributed by atoms with Crippen molar-refractivity contribution in [3.8, 4) is 0 Å². The summed E-state index contributed by atoms with van der Waals surface area (Å²) in [6, 6.07) is 4.17. The van der Waals surface area contributed by atoms with Gasteiger partial charge in [-0.3, -0.25) is 4.79 Å². The number of carbonyl (C=O) groups excluding carboxylic acids is 1. The Balaban J connectivity index is 2.04. The summed E-state index contributed by atoms with van der Waals surface area (Å²) in [7, 11) is 1.87. The molecule has 2 heterocycles. The highest BCUT2D eigenvalue weighted by atomic mass is 32.1. The molecule has 1 fully saturated rings. The fraction of sp³-hybridized carbons (Fsp3) is 0.643. The molecule has 5 heteroatoms. The van der Waals surface area contributed by atoms with Gasteiger partial charge in [0.15, 0.2) is 0 Å². The smallest absolute Gasteiger partial charge is 0.230 e. The number of ether oxygens (including phenoxy) is 1. The van der Waals surface area contributed by atoms with Gasteiger partial charge < -0.3 is 15.4 Å². The summed E-state index contributed by atoms with van der Waals surface area (Å²) >= 11 is 1.74. The Kier molecular flexibility index (Phi) is 4.60. The lowest BCUT2D eigenvalue weighted by Gasteiger charge is -2.37. The van der Waals surface area contributed by atoms with E-state index < -0.39 is 5.41 Å². The van der Waals surface area contributed by atoms with E-state index in [0.29, 0.717) is 26.3 Å². The molecule has 0 saturated carbocycles. The van der Waals surface area contributed by atoms with Crippen molar-refractivity contribution in [3.63, 3.8) is 0 Å². The van der Waals surface area contributed by atoms with Crippen molar-refractivity contribution in [2.75, 3.05) is 26.8 Å². The van der Waals surface area contributed by atoms with Gasteiger partial charge in [-0.05, 0) is 31.9 Å². The molecule has 1 aromatic rings. The molecule has 1 aliphatic heterocycles. The number of rotatable bonds is 4. The van der Waals surface area contributed by atoms with Gasteiger partial charge in [0, 0.05) is 36.6 Å². The standard InChI is InChI=1S/C14H22N2O2S/c1-11-3-4-12(19-11)9-16(2)13(17)14(10-15)5-7-18-8-6-14/h3-4H,5-10,15H2,1-2H3. The van der Waals surface area contributed by atoms with Crippen LogP contribution >= 0.6 is 11.3 Å². The number of hydrogen-bond acceptors (Lipinski definition) is 4. The number of aryl methyl sites for hydroxylation is 1. The van der Waals surface area contributed by atoms with Crippen LogP contribution in [0, 0.1) is 12.3 Å². The van der Waals surface area contributed by atoms with Crippen LogP contribution in [-0.4, -0.2) is 37.6 Å². The highest BCUT2D eigenvalue weighted by Crippen LogP contribution is 2.32. The van der Waals surface area contributed by atoms with Crippen LogP contribution in [0.5, 0.6) is 0 Å². The summed E-state index contributed by atoms with van der Waals surface area (Å²) in [5, 5.41) is 0. The van der Waals surface area contributed by atoms with E-state index in [1.165, 1.54) is 9.75 Å². The van der Waals surface area contributed by atoms with Gasteiger partial charge in [-0.1, -0.05) is 0 Å². The number of thiophene rings is 1. The molecule has 0 atom stereocenters. The minimum atomic E-state index is -0.417. The first kappa shape index (κ1) is 14.5. The summed E-state index contributed by atoms with van der Waals surface area (Å²) in [4.78, 5) is 17.0. The second-order valence-electron chi connectivity index (χ2n) is 5.27. The topological polar surface area (TPSA) is 55.6 Å². The van der Waals surface area contributed by atoms with Crippen molar-refractivity contribution in [3.05, 3.63) is 21.9 Å². The van der Waals surface area contributed by atoms with Crippen LogP contribution in [-0.2, 0) is 16.1 Å². The molecule has 106 valence electrons. The zero-order valence-corrected chi connectivity index (χ0v) is 12.5. The number of carbonyl (C=O) groups is 1. The summed E-state index contributed by atoms with van der Waals surface area (Å²) in [6.07, 6.45) is 1.46. The van der Waals surface area contributed by atoms with Crippen molar-refractivity contribution in [2.45, 2.75) is 26.3 Å². The minimum absolute atomic E-state index is 0.157. The maximum absolute atomic E-state index is 12.7. The third-order valence-electron chi connectivity index (χ3n) is 3.83. The fourth-order valence-electron chi connectivity index (χ4n) is 2.55. The predicted molar refractivity (Wildman–Crippen MR) is 77.1 cm³/mol. The predicted octanol–water partition coefficient (Wildman–Crippen LogP) is 1.77. The molecule has 4 nitrogen and oxygen atoms in total. The van der Waals surface area contributed by atoms with Crippen LogP contribution in [0.3, 0.4) is 0 Å². The first-order chi connectivity index (χ1) is 9.07. The molecule has 0 spiro atoms. The van der Waals surface area contributed by atoms with Gasteiger partial charge in [0.05, 0.1) is 12.0 Å². The van der Waals surface area contributed by atoms with Crippen LogP contribution in [0.4, 0.5) is 0 Å². The molecule has 0 unspecified atom stereocenters. The molecule has 1 aliphatic rings. The van der Waals surface area contributed by atoms with Crippen LogP contribution in [0.2, 0.25) is 0 Å². The van der Waals surface area contributed by atoms with Crippen molar-refractivity contribution >= 4 is 17.2 Å². The van der Waals surface area contributed by atoms with Crippen molar-refractivity contribution in [1.82, 2.24) is 4.90 Å². The first-order valence-corrected chi connectivity index (χ1v) is 7.48. The number of amides is 1. The monoisotopic (exact) mass is 282 g/mol. The molecule has 2 N–H and O–H groups in total. The van der Waals surface area contributed by atoms with E-state index in [0.717, 1.165) is 12.8 Å². The number of nitrogens with zero attached hydrogens (tertiary/aromatic N) is 1. The third-order valence-corrected chi connectivity index (χ3v) is 4.82. The second-order valence-corrected chi connectivity index (χ2v) is 6.64. The molecule has 2 rings (SSSR count). The highest BCUT2D eigenvalue weighted by Gasteiger charge is 2.40. The maximum Gasteiger partial charge on any atom is 0.230 e. The Morgan fingerprint density at radius 3 is 2.68 bits per heavy atom. The van der Waals surface area contributed by atoms with E-state index in [-0.39, 0.29) is 5.91 Å². The van der Waals surface area contributed by atoms with Crippen LogP contribution in [0.1, 0.15) is 22.6 Å². The van der Waals surface area contributed by atoms with Crippen molar-refractivity contribution < 1.29 is 9.53 Å². The van der Waals surface area contributed by atoms with Gasteiger partial charge in [0.2, 0.25) is 5.91 Å². The molecule has 0 aliphatic carbocycles. The highest BCUT2D eigenvalue weighted by molar-refractivity contribution is 7.11. The van der Waals surface area contributed by atoms with Gasteiger partial charge >= 0.3 is 0 Å². The zero-order chi connectivity index (χ0) is 13.9. The third kappa shape index (κ3) is 3.16. The Morgan fingerprint density at radius 1 is 1.47 bits per heavy atom. The van der Waals surface area contributed by atoms with E-state index in [4.69, 9.17) is 10.5 Å². The Hall–Kier alpha value is -0.910. The van der Waals surface area contributed by atoms with Crippen molar-refractivity contribution in [1.29, 1.82) is 0 Å². The fourth-order valence-corrected chi connectivity index (χ4v) is 3.49. The Labute approximate surface area is 118 Å². The lowest BCUT2D eigenvalue weighted by Crippen LogP contribution is -2.49. The second kappa shape index (κ2) is 6.03. The SMILES string of the molecule is Cc1ccc(CN(C)C(=O)C2(CN)CCOCC2)s1. The number of hydrogen-bond donors (Lipinski definition) is 1. The average Bonchev–Trinajstić information content (AvgIpc) is 2.84. The summed E-state index contributed by atoms with van der Waals surface area (Å²) < 4.78 is 5.35. The summed E-state index contributed by atoms with van der Waals surface area (Å²) in [5.41, 5.74) is 5.46. The quantitative estimate of drug-likeness (QED) is 0.915. The summed E-state index contributed by atoms with van der Waals surface area (Å²) in [5.74, 6) is 0.157. The van der Waals surface area contributed by atoms with Gasteiger partial charge in [0.25, 0.3) is 0 Å². The number of nitrogens with two attached hydrogens (primary N) is 1. The molecule has 1 saturated heterocycles. The van der Waals surface area contributed by atoms with E-state index in [2.05, 4.69) is 19.1 Å².